The Balaban J connectivity index is 1.33. The van der Waals surface area contributed by atoms with Gasteiger partial charge in [0.05, 0.1) is 35.9 Å². The molecule has 1 saturated heterocycles. The minimum absolute atomic E-state index is 0.103. The van der Waals surface area contributed by atoms with Gasteiger partial charge in [0.2, 0.25) is 9.84 Å². The Morgan fingerprint density at radius 2 is 1.76 bits per heavy atom. The maximum absolute atomic E-state index is 14.7. The van der Waals surface area contributed by atoms with E-state index in [0.29, 0.717) is 45.1 Å². The van der Waals surface area contributed by atoms with E-state index < -0.39 is 21.4 Å². The van der Waals surface area contributed by atoms with Gasteiger partial charge in [-0.25, -0.2) is 18.1 Å². The van der Waals surface area contributed by atoms with Crippen LogP contribution in [0.25, 0.3) is 0 Å². The van der Waals surface area contributed by atoms with Crippen molar-refractivity contribution in [2.24, 2.45) is 0 Å². The molecule has 0 aliphatic carbocycles. The van der Waals surface area contributed by atoms with Gasteiger partial charge in [-0.2, -0.15) is 5.10 Å². The number of ether oxygens (including phenoxy) is 5. The van der Waals surface area contributed by atoms with E-state index in [1.807, 2.05) is 54.1 Å². The molecule has 1 unspecified atom stereocenters. The van der Waals surface area contributed by atoms with Crippen LogP contribution >= 0.6 is 0 Å². The van der Waals surface area contributed by atoms with Crippen LogP contribution in [0, 0.1) is 6.92 Å². The van der Waals surface area contributed by atoms with Crippen LogP contribution in [-0.2, 0) is 24.0 Å². The van der Waals surface area contributed by atoms with Gasteiger partial charge >= 0.3 is 0 Å². The van der Waals surface area contributed by atoms with Gasteiger partial charge in [0.25, 0.3) is 0 Å². The Morgan fingerprint density at radius 1 is 0.981 bits per heavy atom. The Labute approximate surface area is 320 Å². The Hall–Kier alpha value is -4.01. The van der Waals surface area contributed by atoms with E-state index in [2.05, 4.69) is 39.4 Å². The van der Waals surface area contributed by atoms with Crippen molar-refractivity contribution in [1.29, 1.82) is 0 Å². The molecule has 12 nitrogen and oxygen atoms in total. The van der Waals surface area contributed by atoms with Gasteiger partial charge in [-0.1, -0.05) is 42.8 Å². The summed E-state index contributed by atoms with van der Waals surface area (Å²) >= 11 is 0. The van der Waals surface area contributed by atoms with E-state index in [4.69, 9.17) is 23.7 Å². The number of anilines is 1. The lowest BCUT2D eigenvalue weighted by Crippen LogP contribution is -2.48. The van der Waals surface area contributed by atoms with Gasteiger partial charge in [0.15, 0.2) is 5.44 Å². The third kappa shape index (κ3) is 9.80. The predicted molar refractivity (Wildman–Crippen MR) is 208 cm³/mol. The fraction of sp³-hybridized carbons (Fsp3) is 0.512. The van der Waals surface area contributed by atoms with Crippen molar-refractivity contribution < 1.29 is 32.1 Å². The molecule has 2 aliphatic heterocycles. The summed E-state index contributed by atoms with van der Waals surface area (Å²) in [6, 6.07) is 21.1. The number of hydrogen-bond donors (Lipinski definition) is 1. The lowest BCUT2D eigenvalue weighted by atomic mass is 9.82. The molecular formula is C41H55N5O7S. The number of nitrogens with zero attached hydrogens (tertiary/aromatic N) is 4. The second-order valence-electron chi connectivity index (χ2n) is 14.2. The summed E-state index contributed by atoms with van der Waals surface area (Å²) < 4.78 is 60.9. The van der Waals surface area contributed by atoms with Crippen molar-refractivity contribution in [3.8, 4) is 11.5 Å². The van der Waals surface area contributed by atoms with Gasteiger partial charge in [0.1, 0.15) is 30.8 Å². The first-order valence-electron chi connectivity index (χ1n) is 19.1. The molecule has 3 aromatic carbocycles. The molecule has 5 atom stereocenters. The minimum atomic E-state index is -4.01. The molecule has 0 amide bonds. The number of sulfone groups is 1. The zero-order valence-corrected chi connectivity index (χ0v) is 32.7. The van der Waals surface area contributed by atoms with E-state index in [0.717, 1.165) is 67.0 Å². The van der Waals surface area contributed by atoms with Crippen LogP contribution in [0.2, 0.25) is 0 Å². The minimum Gasteiger partial charge on any atom is -0.494 e. The first kappa shape index (κ1) is 39.7. The van der Waals surface area contributed by atoms with Gasteiger partial charge in [-0.05, 0) is 80.1 Å². The molecule has 1 fully saturated rings. The van der Waals surface area contributed by atoms with Gasteiger partial charge in [-0.3, -0.25) is 0 Å². The summed E-state index contributed by atoms with van der Waals surface area (Å²) in [7, 11) is -0.623. The Bertz CT molecular complexity index is 1840. The molecule has 3 heterocycles. The number of methoxy groups -OCH3 is 2. The topological polar surface area (TPSA) is 126 Å². The van der Waals surface area contributed by atoms with Crippen LogP contribution in [0.3, 0.4) is 0 Å². The molecule has 13 heteroatoms. The number of hydrogen-bond acceptors (Lipinski definition) is 11. The van der Waals surface area contributed by atoms with Crippen molar-refractivity contribution in [3.05, 3.63) is 96.1 Å². The third-order valence-electron chi connectivity index (χ3n) is 10.4. The van der Waals surface area contributed by atoms with E-state index in [9.17, 15) is 8.42 Å². The Morgan fingerprint density at radius 3 is 2.48 bits per heavy atom. The Kier molecular flexibility index (Phi) is 14.0. The molecule has 0 spiro atoms. The van der Waals surface area contributed by atoms with Gasteiger partial charge < -0.3 is 33.9 Å². The van der Waals surface area contributed by atoms with Gasteiger partial charge in [0, 0.05) is 58.9 Å². The lowest BCUT2D eigenvalue weighted by Gasteiger charge is -2.40. The number of aryl methyl sites for hydroxylation is 1. The largest absolute Gasteiger partial charge is 0.494 e. The number of nitrogens with one attached hydrogen (secondary N) is 1. The smallest absolute Gasteiger partial charge is 0.209 e. The number of benzene rings is 3. The number of rotatable bonds is 19. The molecule has 54 heavy (non-hydrogen) atoms. The third-order valence-corrected chi connectivity index (χ3v) is 12.3. The summed E-state index contributed by atoms with van der Waals surface area (Å²) in [6.07, 6.45) is 7.01. The van der Waals surface area contributed by atoms with E-state index >= 15 is 0 Å². The van der Waals surface area contributed by atoms with Crippen molar-refractivity contribution in [1.82, 2.24) is 20.1 Å². The molecule has 0 radical (unpaired) electrons. The van der Waals surface area contributed by atoms with E-state index in [-0.39, 0.29) is 22.9 Å². The second kappa shape index (κ2) is 19.0. The first-order valence-corrected chi connectivity index (χ1v) is 20.6. The number of piperidine rings is 1. The molecule has 1 aromatic heterocycles. The maximum Gasteiger partial charge on any atom is 0.209 e. The molecular weight excluding hydrogens is 707 g/mol. The molecule has 0 bridgehead atoms. The standard InChI is InChI=1S/C41H55N5O7S/c1-5-34(46-29-42-28-44-46)25-33-26-37(31-10-13-35(14-11-31)51-22-7-21-50-4)40(27-43-33)53-41(54(47,48)36-15-8-30(2)9-16-36)32-12-17-39-38(24-32)45(19-23-52-39)18-6-20-49-3/h8-17,24,28-29,33-34,37,40-41,43H,5-7,18-23,25-27H2,1-4H3/t33-,34+,37+,40-,41?/m0/s1. The molecule has 0 saturated carbocycles. The number of fused-ring (bicyclic) bond motifs is 1. The van der Waals surface area contributed by atoms with Crippen molar-refractivity contribution in [2.45, 2.75) is 80.4 Å². The summed E-state index contributed by atoms with van der Waals surface area (Å²) in [5, 5.41) is 8.16. The van der Waals surface area contributed by atoms with Crippen LogP contribution in [-0.4, -0.2) is 95.6 Å². The monoisotopic (exact) mass is 761 g/mol. The fourth-order valence-corrected chi connectivity index (χ4v) is 9.01. The van der Waals surface area contributed by atoms with Gasteiger partial charge in [-0.15, -0.1) is 0 Å². The van der Waals surface area contributed by atoms with Crippen molar-refractivity contribution in [2.75, 3.05) is 65.2 Å². The maximum atomic E-state index is 14.7. The lowest BCUT2D eigenvalue weighted by molar-refractivity contribution is -0.00775. The predicted octanol–water partition coefficient (Wildman–Crippen LogP) is 6.28. The average Bonchev–Trinajstić information content (AvgIpc) is 3.73. The van der Waals surface area contributed by atoms with Crippen LogP contribution in [0.15, 0.2) is 84.3 Å². The zero-order chi connectivity index (χ0) is 37.9. The molecule has 4 aromatic rings. The van der Waals surface area contributed by atoms with Crippen LogP contribution in [0.4, 0.5) is 5.69 Å². The zero-order valence-electron chi connectivity index (χ0n) is 31.9. The van der Waals surface area contributed by atoms with E-state index in [1.54, 1.807) is 39.0 Å². The van der Waals surface area contributed by atoms with Crippen LogP contribution in [0.5, 0.6) is 11.5 Å². The average molecular weight is 762 g/mol. The second-order valence-corrected chi connectivity index (χ2v) is 16.1. The van der Waals surface area contributed by atoms with E-state index in [1.165, 1.54) is 0 Å². The quantitative estimate of drug-likeness (QED) is 0.109. The highest BCUT2D eigenvalue weighted by atomic mass is 32.2. The van der Waals surface area contributed by atoms with Crippen molar-refractivity contribution in [3.63, 3.8) is 0 Å². The fourth-order valence-electron chi connectivity index (χ4n) is 7.45. The van der Waals surface area contributed by atoms with Crippen LogP contribution < -0.4 is 19.7 Å². The highest BCUT2D eigenvalue weighted by molar-refractivity contribution is 7.91. The molecule has 292 valence electrons. The SMILES string of the molecule is CC[C@H](C[C@H]1C[C@H](c2ccc(OCCCOC)cc2)[C@@H](OC(c2ccc3c(c2)N(CCCOC)CCO3)S(=O)(=O)c2ccc(C)cc2)CN1)n1cncn1. The highest BCUT2D eigenvalue weighted by Gasteiger charge is 2.40. The summed E-state index contributed by atoms with van der Waals surface area (Å²) in [5.74, 6) is 1.41. The number of aromatic nitrogens is 3. The van der Waals surface area contributed by atoms with Crippen LogP contribution in [0.1, 0.15) is 73.1 Å². The summed E-state index contributed by atoms with van der Waals surface area (Å²) in [5.41, 5.74) is 2.21. The molecule has 1 N–H and O–H groups in total. The summed E-state index contributed by atoms with van der Waals surface area (Å²) in [4.78, 5) is 6.64. The molecule has 6 rings (SSSR count). The summed E-state index contributed by atoms with van der Waals surface area (Å²) in [6.45, 7) is 8.43. The normalized spacial score (nSPS) is 19.9. The highest BCUT2D eigenvalue weighted by Crippen LogP contribution is 2.42. The van der Waals surface area contributed by atoms with Crippen molar-refractivity contribution >= 4 is 15.5 Å². The first-order chi connectivity index (χ1) is 26.3. The molecule has 2 aliphatic rings.